The predicted molar refractivity (Wildman–Crippen MR) is 38.2 cm³/mol. The van der Waals surface area contributed by atoms with E-state index in [0.29, 0.717) is 13.1 Å². The monoisotopic (exact) mass is 141 g/mol. The molecular formula is C7H11NO2. The van der Waals surface area contributed by atoms with Crippen molar-refractivity contribution in [2.45, 2.75) is 6.92 Å². The van der Waals surface area contributed by atoms with Crippen LogP contribution in [-0.4, -0.2) is 35.6 Å². The molecule has 1 amide bonds. The van der Waals surface area contributed by atoms with Crippen LogP contribution in [0, 0.1) is 12.3 Å². The number of aliphatic hydroxyl groups is 1. The summed E-state index contributed by atoms with van der Waals surface area (Å²) in [6.45, 7) is 2.63. The van der Waals surface area contributed by atoms with E-state index in [-0.39, 0.29) is 12.5 Å². The fourth-order valence-electron chi connectivity index (χ4n) is 0.615. The Morgan fingerprint density at radius 2 is 2.40 bits per heavy atom. The lowest BCUT2D eigenvalue weighted by Crippen LogP contribution is -2.32. The van der Waals surface area contributed by atoms with Gasteiger partial charge in [0.15, 0.2) is 0 Å². The summed E-state index contributed by atoms with van der Waals surface area (Å²) >= 11 is 0. The van der Waals surface area contributed by atoms with E-state index >= 15 is 0 Å². The summed E-state index contributed by atoms with van der Waals surface area (Å²) in [6.07, 6.45) is 4.86. The molecule has 0 bridgehead atoms. The van der Waals surface area contributed by atoms with Crippen molar-refractivity contribution in [2.24, 2.45) is 0 Å². The largest absolute Gasteiger partial charge is 0.395 e. The second-order valence-electron chi connectivity index (χ2n) is 1.75. The SMILES string of the molecule is C#CC(=O)N(CC)CCO. The minimum Gasteiger partial charge on any atom is -0.395 e. The quantitative estimate of drug-likeness (QED) is 0.536. The van der Waals surface area contributed by atoms with Crippen molar-refractivity contribution in [3.05, 3.63) is 0 Å². The van der Waals surface area contributed by atoms with Gasteiger partial charge in [0.1, 0.15) is 0 Å². The lowest BCUT2D eigenvalue weighted by Gasteiger charge is -2.15. The number of nitrogens with zero attached hydrogens (tertiary/aromatic N) is 1. The van der Waals surface area contributed by atoms with Gasteiger partial charge in [-0.15, -0.1) is 6.42 Å². The van der Waals surface area contributed by atoms with Crippen molar-refractivity contribution < 1.29 is 9.90 Å². The molecule has 0 rings (SSSR count). The third kappa shape index (κ3) is 2.51. The molecule has 0 aliphatic rings. The maximum Gasteiger partial charge on any atom is 0.298 e. The number of carbonyl (C=O) groups excluding carboxylic acids is 1. The number of hydrogen-bond donors (Lipinski definition) is 1. The molecule has 0 heterocycles. The Hall–Kier alpha value is -1.01. The van der Waals surface area contributed by atoms with Crippen LogP contribution in [-0.2, 0) is 4.79 Å². The van der Waals surface area contributed by atoms with Crippen molar-refractivity contribution in [2.75, 3.05) is 19.7 Å². The highest BCUT2D eigenvalue weighted by Gasteiger charge is 2.05. The summed E-state index contributed by atoms with van der Waals surface area (Å²) in [6, 6.07) is 0. The summed E-state index contributed by atoms with van der Waals surface area (Å²) in [5.74, 6) is 1.61. The number of rotatable bonds is 3. The van der Waals surface area contributed by atoms with Gasteiger partial charge < -0.3 is 10.0 Å². The molecule has 0 aliphatic heterocycles. The summed E-state index contributed by atoms with van der Waals surface area (Å²) in [5, 5.41) is 8.45. The van der Waals surface area contributed by atoms with Crippen molar-refractivity contribution in [1.82, 2.24) is 4.90 Å². The maximum atomic E-state index is 10.7. The van der Waals surface area contributed by atoms with Crippen LogP contribution in [0.4, 0.5) is 0 Å². The normalized spacial score (nSPS) is 8.50. The molecule has 56 valence electrons. The van der Waals surface area contributed by atoms with Crippen LogP contribution in [0.25, 0.3) is 0 Å². The Balaban J connectivity index is 3.83. The molecule has 0 aromatic carbocycles. The molecule has 0 aromatic rings. The second kappa shape index (κ2) is 4.83. The number of hydrogen-bond acceptors (Lipinski definition) is 2. The Labute approximate surface area is 60.6 Å². The molecule has 0 aliphatic carbocycles. The van der Waals surface area contributed by atoms with Gasteiger partial charge in [0.25, 0.3) is 5.91 Å². The molecule has 1 N–H and O–H groups in total. The first-order valence-electron chi connectivity index (χ1n) is 3.12. The molecule has 0 saturated heterocycles. The van der Waals surface area contributed by atoms with Gasteiger partial charge in [-0.25, -0.2) is 0 Å². The number of amides is 1. The third-order valence-electron chi connectivity index (χ3n) is 1.16. The van der Waals surface area contributed by atoms with Gasteiger partial charge in [-0.3, -0.25) is 4.79 Å². The molecule has 0 fully saturated rings. The van der Waals surface area contributed by atoms with Gasteiger partial charge in [0.05, 0.1) is 6.61 Å². The van der Waals surface area contributed by atoms with E-state index in [1.54, 1.807) is 0 Å². The first kappa shape index (κ1) is 8.99. The average Bonchev–Trinajstić information content (AvgIpc) is 1.99. The predicted octanol–water partition coefficient (Wildman–Crippen LogP) is -0.540. The van der Waals surface area contributed by atoms with E-state index in [2.05, 4.69) is 0 Å². The van der Waals surface area contributed by atoms with Crippen LogP contribution in [0.1, 0.15) is 6.92 Å². The fraction of sp³-hybridized carbons (Fsp3) is 0.571. The molecule has 3 nitrogen and oxygen atoms in total. The first-order valence-corrected chi connectivity index (χ1v) is 3.12. The molecule has 0 radical (unpaired) electrons. The molecule has 0 atom stereocenters. The molecule has 0 aromatic heterocycles. The molecule has 10 heavy (non-hydrogen) atoms. The van der Waals surface area contributed by atoms with Gasteiger partial charge >= 0.3 is 0 Å². The van der Waals surface area contributed by atoms with E-state index < -0.39 is 0 Å². The van der Waals surface area contributed by atoms with Crippen LogP contribution in [0.3, 0.4) is 0 Å². The zero-order valence-corrected chi connectivity index (χ0v) is 6.00. The summed E-state index contributed by atoms with van der Waals surface area (Å²) in [4.78, 5) is 12.1. The fourth-order valence-corrected chi connectivity index (χ4v) is 0.615. The van der Waals surface area contributed by atoms with Crippen LogP contribution in [0.2, 0.25) is 0 Å². The Morgan fingerprint density at radius 3 is 2.70 bits per heavy atom. The van der Waals surface area contributed by atoms with Crippen LogP contribution in [0.5, 0.6) is 0 Å². The smallest absolute Gasteiger partial charge is 0.298 e. The highest BCUT2D eigenvalue weighted by atomic mass is 16.3. The Morgan fingerprint density at radius 1 is 1.80 bits per heavy atom. The number of likely N-dealkylation sites (N-methyl/N-ethyl adjacent to an activating group) is 1. The second-order valence-corrected chi connectivity index (χ2v) is 1.75. The number of aliphatic hydroxyl groups excluding tert-OH is 1. The summed E-state index contributed by atoms with van der Waals surface area (Å²) in [7, 11) is 0. The van der Waals surface area contributed by atoms with Crippen LogP contribution in [0.15, 0.2) is 0 Å². The molecule has 0 saturated carbocycles. The van der Waals surface area contributed by atoms with Gasteiger partial charge in [0.2, 0.25) is 0 Å². The Bertz CT molecular complexity index is 148. The van der Waals surface area contributed by atoms with E-state index in [0.717, 1.165) is 0 Å². The average molecular weight is 141 g/mol. The first-order chi connectivity index (χ1) is 4.76. The lowest BCUT2D eigenvalue weighted by molar-refractivity contribution is -0.125. The maximum absolute atomic E-state index is 10.7. The number of terminal acetylenes is 1. The summed E-state index contributed by atoms with van der Waals surface area (Å²) in [5.41, 5.74) is 0. The lowest BCUT2D eigenvalue weighted by atomic mass is 10.4. The van der Waals surface area contributed by atoms with Gasteiger partial charge in [-0.1, -0.05) is 0 Å². The third-order valence-corrected chi connectivity index (χ3v) is 1.16. The van der Waals surface area contributed by atoms with E-state index in [4.69, 9.17) is 11.5 Å². The number of carbonyl (C=O) groups is 1. The van der Waals surface area contributed by atoms with Gasteiger partial charge in [0, 0.05) is 13.1 Å². The highest BCUT2D eigenvalue weighted by molar-refractivity contribution is 5.92. The molecule has 0 unspecified atom stereocenters. The van der Waals surface area contributed by atoms with E-state index in [1.165, 1.54) is 4.90 Å². The van der Waals surface area contributed by atoms with E-state index in [9.17, 15) is 4.79 Å². The Kier molecular flexibility index (Phi) is 4.34. The molecule has 0 spiro atoms. The van der Waals surface area contributed by atoms with Crippen molar-refractivity contribution in [1.29, 1.82) is 0 Å². The van der Waals surface area contributed by atoms with Crippen molar-refractivity contribution in [3.63, 3.8) is 0 Å². The standard InChI is InChI=1S/C7H11NO2/c1-3-7(10)8(4-2)5-6-9/h1,9H,4-6H2,2H3. The topological polar surface area (TPSA) is 40.5 Å². The van der Waals surface area contributed by atoms with Crippen LogP contribution >= 0.6 is 0 Å². The summed E-state index contributed by atoms with van der Waals surface area (Å²) < 4.78 is 0. The van der Waals surface area contributed by atoms with Gasteiger partial charge in [-0.2, -0.15) is 0 Å². The minimum atomic E-state index is -0.364. The minimum absolute atomic E-state index is 0.0404. The molecule has 3 heteroatoms. The zero-order chi connectivity index (χ0) is 7.98. The van der Waals surface area contributed by atoms with E-state index in [1.807, 2.05) is 12.8 Å². The van der Waals surface area contributed by atoms with Crippen molar-refractivity contribution in [3.8, 4) is 12.3 Å². The zero-order valence-electron chi connectivity index (χ0n) is 6.00. The molecular weight excluding hydrogens is 130 g/mol. The van der Waals surface area contributed by atoms with Crippen molar-refractivity contribution >= 4 is 5.91 Å². The van der Waals surface area contributed by atoms with Crippen LogP contribution < -0.4 is 0 Å². The van der Waals surface area contributed by atoms with Gasteiger partial charge in [-0.05, 0) is 12.8 Å². The highest BCUT2D eigenvalue weighted by Crippen LogP contribution is 1.85.